The van der Waals surface area contributed by atoms with Crippen molar-refractivity contribution in [3.63, 3.8) is 0 Å². The first-order valence-electron chi connectivity index (χ1n) is 4.71. The van der Waals surface area contributed by atoms with Crippen LogP contribution in [-0.2, 0) is 10.2 Å². The SMILES string of the molecule is CC1(c2nn3cnnc3s2)COCC1N. The molecule has 0 aromatic carbocycles. The van der Waals surface area contributed by atoms with E-state index in [9.17, 15) is 0 Å². The molecule has 2 unspecified atom stereocenters. The number of nitrogens with two attached hydrogens (primary N) is 1. The lowest BCUT2D eigenvalue weighted by Gasteiger charge is -2.22. The molecule has 0 saturated carbocycles. The quantitative estimate of drug-likeness (QED) is 0.727. The van der Waals surface area contributed by atoms with Gasteiger partial charge in [-0.1, -0.05) is 11.3 Å². The van der Waals surface area contributed by atoms with Crippen molar-refractivity contribution >= 4 is 16.3 Å². The molecule has 0 aliphatic carbocycles. The fourth-order valence-corrected chi connectivity index (χ4v) is 2.71. The lowest BCUT2D eigenvalue weighted by atomic mass is 9.87. The summed E-state index contributed by atoms with van der Waals surface area (Å²) in [6.07, 6.45) is 1.60. The number of fused-ring (bicyclic) bond motifs is 1. The van der Waals surface area contributed by atoms with Crippen LogP contribution >= 0.6 is 11.3 Å². The van der Waals surface area contributed by atoms with Crippen molar-refractivity contribution in [3.8, 4) is 0 Å². The predicted octanol–water partition coefficient (Wildman–Crippen LogP) is -0.199. The zero-order chi connectivity index (χ0) is 10.5. The zero-order valence-corrected chi connectivity index (χ0v) is 9.07. The molecule has 3 heterocycles. The molecular weight excluding hydrogens is 214 g/mol. The van der Waals surface area contributed by atoms with Crippen LogP contribution in [0.1, 0.15) is 11.9 Å². The van der Waals surface area contributed by atoms with Gasteiger partial charge in [0.25, 0.3) is 0 Å². The number of rotatable bonds is 1. The molecule has 15 heavy (non-hydrogen) atoms. The molecule has 1 aliphatic rings. The molecule has 2 N–H and O–H groups in total. The molecule has 80 valence electrons. The van der Waals surface area contributed by atoms with E-state index in [-0.39, 0.29) is 11.5 Å². The monoisotopic (exact) mass is 225 g/mol. The van der Waals surface area contributed by atoms with E-state index in [0.29, 0.717) is 13.2 Å². The molecule has 1 fully saturated rings. The summed E-state index contributed by atoms with van der Waals surface area (Å²) >= 11 is 1.52. The highest BCUT2D eigenvalue weighted by molar-refractivity contribution is 7.16. The van der Waals surface area contributed by atoms with Crippen molar-refractivity contribution in [2.45, 2.75) is 18.4 Å². The summed E-state index contributed by atoms with van der Waals surface area (Å²) in [5, 5.41) is 13.1. The first-order chi connectivity index (χ1) is 7.20. The van der Waals surface area contributed by atoms with E-state index in [1.807, 2.05) is 0 Å². The van der Waals surface area contributed by atoms with Crippen molar-refractivity contribution in [1.82, 2.24) is 19.8 Å². The summed E-state index contributed by atoms with van der Waals surface area (Å²) in [6.45, 7) is 3.30. The Morgan fingerprint density at radius 2 is 2.60 bits per heavy atom. The van der Waals surface area contributed by atoms with Crippen LogP contribution in [0.4, 0.5) is 0 Å². The minimum Gasteiger partial charge on any atom is -0.379 e. The van der Waals surface area contributed by atoms with Crippen LogP contribution in [0.5, 0.6) is 0 Å². The molecular formula is C8H11N5OS. The molecule has 1 saturated heterocycles. The minimum atomic E-state index is -0.189. The summed E-state index contributed by atoms with van der Waals surface area (Å²) in [7, 11) is 0. The van der Waals surface area contributed by atoms with Crippen molar-refractivity contribution in [3.05, 3.63) is 11.3 Å². The van der Waals surface area contributed by atoms with E-state index in [2.05, 4.69) is 22.2 Å². The van der Waals surface area contributed by atoms with E-state index in [4.69, 9.17) is 10.5 Å². The smallest absolute Gasteiger partial charge is 0.234 e. The van der Waals surface area contributed by atoms with Crippen LogP contribution in [0.3, 0.4) is 0 Å². The number of ether oxygens (including phenoxy) is 1. The van der Waals surface area contributed by atoms with E-state index >= 15 is 0 Å². The summed E-state index contributed by atoms with van der Waals surface area (Å²) in [6, 6.07) is 0.00122. The van der Waals surface area contributed by atoms with Gasteiger partial charge < -0.3 is 10.5 Å². The second-order valence-corrected chi connectivity index (χ2v) is 4.96. The van der Waals surface area contributed by atoms with Crippen LogP contribution < -0.4 is 5.73 Å². The molecule has 0 radical (unpaired) electrons. The van der Waals surface area contributed by atoms with Crippen molar-refractivity contribution in [1.29, 1.82) is 0 Å². The summed E-state index contributed by atoms with van der Waals surface area (Å²) in [5.74, 6) is 0. The Labute approximate surface area is 90.1 Å². The third-order valence-electron chi connectivity index (χ3n) is 2.89. The molecule has 2 aromatic heterocycles. The van der Waals surface area contributed by atoms with Gasteiger partial charge in [-0.05, 0) is 6.92 Å². The second-order valence-electron chi connectivity index (χ2n) is 4.00. The Kier molecular flexibility index (Phi) is 1.82. The molecule has 2 atom stereocenters. The second kappa shape index (κ2) is 2.97. The van der Waals surface area contributed by atoms with Gasteiger partial charge in [-0.3, -0.25) is 0 Å². The largest absolute Gasteiger partial charge is 0.379 e. The first-order valence-corrected chi connectivity index (χ1v) is 5.52. The molecule has 3 rings (SSSR count). The standard InChI is InChI=1S/C8H11N5OS/c1-8(3-14-2-5(8)9)6-12-13-4-10-11-7(13)15-6/h4-5H,2-3,9H2,1H3. The summed E-state index contributed by atoms with van der Waals surface area (Å²) < 4.78 is 7.07. The highest BCUT2D eigenvalue weighted by Crippen LogP contribution is 2.34. The highest BCUT2D eigenvalue weighted by Gasteiger charge is 2.42. The first kappa shape index (κ1) is 9.20. The Bertz CT molecular complexity index is 465. The lowest BCUT2D eigenvalue weighted by molar-refractivity contribution is 0.179. The molecule has 0 amide bonds. The van der Waals surface area contributed by atoms with E-state index in [0.717, 1.165) is 9.97 Å². The summed E-state index contributed by atoms with van der Waals surface area (Å²) in [4.78, 5) is 0.797. The third kappa shape index (κ3) is 1.20. The van der Waals surface area contributed by atoms with Crippen molar-refractivity contribution in [2.24, 2.45) is 5.73 Å². The Morgan fingerprint density at radius 1 is 1.73 bits per heavy atom. The van der Waals surface area contributed by atoms with Gasteiger partial charge in [0.05, 0.1) is 18.6 Å². The maximum absolute atomic E-state index is 6.03. The molecule has 2 aromatic rings. The maximum atomic E-state index is 6.03. The van der Waals surface area contributed by atoms with Gasteiger partial charge in [-0.15, -0.1) is 10.2 Å². The van der Waals surface area contributed by atoms with Gasteiger partial charge in [-0.2, -0.15) is 9.61 Å². The summed E-state index contributed by atoms with van der Waals surface area (Å²) in [5.41, 5.74) is 5.84. The normalized spacial score (nSPS) is 31.5. The molecule has 6 nitrogen and oxygen atoms in total. The average molecular weight is 225 g/mol. The molecule has 7 heteroatoms. The van der Waals surface area contributed by atoms with Crippen molar-refractivity contribution in [2.75, 3.05) is 13.2 Å². The Morgan fingerprint density at radius 3 is 3.27 bits per heavy atom. The lowest BCUT2D eigenvalue weighted by Crippen LogP contribution is -2.41. The van der Waals surface area contributed by atoms with Gasteiger partial charge in [0.2, 0.25) is 4.96 Å². The fraction of sp³-hybridized carbons (Fsp3) is 0.625. The van der Waals surface area contributed by atoms with Gasteiger partial charge in [0, 0.05) is 6.04 Å². The molecule has 0 bridgehead atoms. The van der Waals surface area contributed by atoms with Crippen LogP contribution in [0.15, 0.2) is 6.33 Å². The average Bonchev–Trinajstić information content (AvgIpc) is 2.81. The van der Waals surface area contributed by atoms with Crippen LogP contribution in [0.2, 0.25) is 0 Å². The number of aromatic nitrogens is 4. The Hall–Kier alpha value is -1.05. The number of hydrogen-bond acceptors (Lipinski definition) is 6. The van der Waals surface area contributed by atoms with Crippen LogP contribution in [0, 0.1) is 0 Å². The third-order valence-corrected chi connectivity index (χ3v) is 4.09. The maximum Gasteiger partial charge on any atom is 0.234 e. The van der Waals surface area contributed by atoms with Gasteiger partial charge in [0.15, 0.2) is 0 Å². The topological polar surface area (TPSA) is 78.3 Å². The van der Waals surface area contributed by atoms with E-state index in [1.54, 1.807) is 10.8 Å². The van der Waals surface area contributed by atoms with Gasteiger partial charge >= 0.3 is 0 Å². The fourth-order valence-electron chi connectivity index (χ4n) is 1.70. The number of hydrogen-bond donors (Lipinski definition) is 1. The van der Waals surface area contributed by atoms with Gasteiger partial charge in [-0.25, -0.2) is 0 Å². The van der Waals surface area contributed by atoms with Crippen molar-refractivity contribution < 1.29 is 4.74 Å². The van der Waals surface area contributed by atoms with Gasteiger partial charge in [0.1, 0.15) is 11.3 Å². The van der Waals surface area contributed by atoms with E-state index in [1.165, 1.54) is 11.3 Å². The minimum absolute atomic E-state index is 0.00122. The highest BCUT2D eigenvalue weighted by atomic mass is 32.1. The Balaban J connectivity index is 2.09. The zero-order valence-electron chi connectivity index (χ0n) is 8.25. The molecule has 0 spiro atoms. The van der Waals surface area contributed by atoms with Crippen LogP contribution in [0.25, 0.3) is 4.96 Å². The molecule has 1 aliphatic heterocycles. The van der Waals surface area contributed by atoms with Crippen LogP contribution in [-0.4, -0.2) is 39.1 Å². The predicted molar refractivity (Wildman–Crippen MR) is 54.8 cm³/mol. The van der Waals surface area contributed by atoms with E-state index < -0.39 is 0 Å². The number of nitrogens with zero attached hydrogens (tertiary/aromatic N) is 4.